The SMILES string of the molecule is COc1ccc(CN(CCO)C(=O)CC(C)c2ccccc2F)c(OC)c1. The number of amides is 1. The molecule has 5 nitrogen and oxygen atoms in total. The molecule has 2 rings (SSSR count). The van der Waals surface area contributed by atoms with Crippen molar-refractivity contribution >= 4 is 5.91 Å². The lowest BCUT2D eigenvalue weighted by atomic mass is 9.96. The molecule has 0 aliphatic rings. The van der Waals surface area contributed by atoms with Gasteiger partial charge in [-0.3, -0.25) is 4.79 Å². The van der Waals surface area contributed by atoms with E-state index >= 15 is 0 Å². The molecule has 1 atom stereocenters. The Morgan fingerprint density at radius 2 is 1.93 bits per heavy atom. The highest BCUT2D eigenvalue weighted by atomic mass is 19.1. The van der Waals surface area contributed by atoms with E-state index in [1.54, 1.807) is 49.5 Å². The zero-order chi connectivity index (χ0) is 19.8. The van der Waals surface area contributed by atoms with Gasteiger partial charge in [-0.15, -0.1) is 0 Å². The van der Waals surface area contributed by atoms with Gasteiger partial charge in [-0.25, -0.2) is 4.39 Å². The first-order chi connectivity index (χ1) is 13.0. The average molecular weight is 375 g/mol. The molecule has 0 radical (unpaired) electrons. The van der Waals surface area contributed by atoms with Crippen LogP contribution in [-0.4, -0.2) is 43.3 Å². The van der Waals surface area contributed by atoms with E-state index in [1.165, 1.54) is 6.07 Å². The monoisotopic (exact) mass is 375 g/mol. The summed E-state index contributed by atoms with van der Waals surface area (Å²) in [6.45, 7) is 2.15. The van der Waals surface area contributed by atoms with Gasteiger partial charge in [0.05, 0.1) is 20.8 Å². The molecule has 0 saturated heterocycles. The Morgan fingerprint density at radius 3 is 2.56 bits per heavy atom. The normalized spacial score (nSPS) is 11.7. The highest BCUT2D eigenvalue weighted by Gasteiger charge is 2.20. The van der Waals surface area contributed by atoms with Crippen LogP contribution in [0.2, 0.25) is 0 Å². The van der Waals surface area contributed by atoms with Gasteiger partial charge in [0.25, 0.3) is 0 Å². The van der Waals surface area contributed by atoms with Gasteiger partial charge in [-0.2, -0.15) is 0 Å². The minimum Gasteiger partial charge on any atom is -0.497 e. The van der Waals surface area contributed by atoms with E-state index in [-0.39, 0.29) is 43.8 Å². The number of aliphatic hydroxyl groups is 1. The number of benzene rings is 2. The van der Waals surface area contributed by atoms with Crippen LogP contribution in [0.5, 0.6) is 11.5 Å². The second-order valence-electron chi connectivity index (χ2n) is 6.34. The number of ether oxygens (including phenoxy) is 2. The van der Waals surface area contributed by atoms with Crippen molar-refractivity contribution in [3.05, 3.63) is 59.4 Å². The molecule has 6 heteroatoms. The first kappa shape index (κ1) is 20.7. The van der Waals surface area contributed by atoms with E-state index in [9.17, 15) is 14.3 Å². The van der Waals surface area contributed by atoms with E-state index in [1.807, 2.05) is 13.0 Å². The van der Waals surface area contributed by atoms with Gasteiger partial charge < -0.3 is 19.5 Å². The van der Waals surface area contributed by atoms with Gasteiger partial charge in [-0.1, -0.05) is 25.1 Å². The summed E-state index contributed by atoms with van der Waals surface area (Å²) in [5, 5.41) is 9.36. The van der Waals surface area contributed by atoms with E-state index in [4.69, 9.17) is 9.47 Å². The Kier molecular flexibility index (Phi) is 7.61. The van der Waals surface area contributed by atoms with Crippen molar-refractivity contribution in [1.29, 1.82) is 0 Å². The summed E-state index contributed by atoms with van der Waals surface area (Å²) in [6, 6.07) is 11.8. The number of halogens is 1. The first-order valence-corrected chi connectivity index (χ1v) is 8.84. The summed E-state index contributed by atoms with van der Waals surface area (Å²) in [6.07, 6.45) is 0.152. The van der Waals surface area contributed by atoms with Crippen molar-refractivity contribution in [2.75, 3.05) is 27.4 Å². The fourth-order valence-electron chi connectivity index (χ4n) is 2.98. The number of hydrogen-bond acceptors (Lipinski definition) is 4. The summed E-state index contributed by atoms with van der Waals surface area (Å²) in [7, 11) is 3.12. The first-order valence-electron chi connectivity index (χ1n) is 8.84. The van der Waals surface area contributed by atoms with Crippen LogP contribution < -0.4 is 9.47 Å². The molecule has 0 fully saturated rings. The van der Waals surface area contributed by atoms with Crippen LogP contribution in [0.1, 0.15) is 30.4 Å². The number of rotatable bonds is 9. The molecule has 146 valence electrons. The summed E-state index contributed by atoms with van der Waals surface area (Å²) < 4.78 is 24.5. The van der Waals surface area contributed by atoms with Crippen LogP contribution >= 0.6 is 0 Å². The van der Waals surface area contributed by atoms with E-state index in [0.29, 0.717) is 17.1 Å². The highest BCUT2D eigenvalue weighted by molar-refractivity contribution is 5.77. The fourth-order valence-corrected chi connectivity index (χ4v) is 2.98. The molecule has 2 aromatic rings. The number of hydrogen-bond donors (Lipinski definition) is 1. The van der Waals surface area contributed by atoms with Gasteiger partial charge in [-0.05, 0) is 29.7 Å². The predicted molar refractivity (Wildman–Crippen MR) is 101 cm³/mol. The number of methoxy groups -OCH3 is 2. The lowest BCUT2D eigenvalue weighted by Crippen LogP contribution is -2.34. The molecule has 0 aliphatic carbocycles. The fraction of sp³-hybridized carbons (Fsp3) is 0.381. The van der Waals surface area contributed by atoms with Gasteiger partial charge in [0.15, 0.2) is 0 Å². The van der Waals surface area contributed by atoms with Crippen molar-refractivity contribution in [3.8, 4) is 11.5 Å². The third kappa shape index (κ3) is 5.44. The van der Waals surface area contributed by atoms with E-state index in [2.05, 4.69) is 0 Å². The number of carbonyl (C=O) groups is 1. The zero-order valence-corrected chi connectivity index (χ0v) is 15.9. The smallest absolute Gasteiger partial charge is 0.223 e. The van der Waals surface area contributed by atoms with Crippen molar-refractivity contribution in [2.24, 2.45) is 0 Å². The quantitative estimate of drug-likeness (QED) is 0.730. The molecule has 0 heterocycles. The molecule has 1 N–H and O–H groups in total. The third-order valence-electron chi connectivity index (χ3n) is 4.50. The number of nitrogens with zero attached hydrogens (tertiary/aromatic N) is 1. The van der Waals surface area contributed by atoms with Gasteiger partial charge in [0, 0.05) is 31.1 Å². The molecule has 1 amide bonds. The van der Waals surface area contributed by atoms with Crippen molar-refractivity contribution in [1.82, 2.24) is 4.90 Å². The molecule has 0 spiro atoms. The lowest BCUT2D eigenvalue weighted by Gasteiger charge is -2.25. The molecule has 2 aromatic carbocycles. The summed E-state index contributed by atoms with van der Waals surface area (Å²) in [4.78, 5) is 14.3. The Balaban J connectivity index is 2.14. The summed E-state index contributed by atoms with van der Waals surface area (Å²) in [5.41, 5.74) is 1.32. The van der Waals surface area contributed by atoms with Crippen LogP contribution in [0, 0.1) is 5.82 Å². The Morgan fingerprint density at radius 1 is 1.19 bits per heavy atom. The molecule has 0 aromatic heterocycles. The minimum atomic E-state index is -0.316. The van der Waals surface area contributed by atoms with E-state index < -0.39 is 0 Å². The summed E-state index contributed by atoms with van der Waals surface area (Å²) >= 11 is 0. The minimum absolute atomic E-state index is 0.152. The van der Waals surface area contributed by atoms with E-state index in [0.717, 1.165) is 5.56 Å². The van der Waals surface area contributed by atoms with Gasteiger partial charge in [0.1, 0.15) is 17.3 Å². The lowest BCUT2D eigenvalue weighted by molar-refractivity contribution is -0.132. The average Bonchev–Trinajstić information content (AvgIpc) is 2.68. The Labute approximate surface area is 159 Å². The van der Waals surface area contributed by atoms with Crippen molar-refractivity contribution in [2.45, 2.75) is 25.8 Å². The van der Waals surface area contributed by atoms with Crippen LogP contribution in [0.15, 0.2) is 42.5 Å². The molecular formula is C21H26FNO4. The second-order valence-corrected chi connectivity index (χ2v) is 6.34. The largest absolute Gasteiger partial charge is 0.497 e. The maximum Gasteiger partial charge on any atom is 0.223 e. The molecule has 0 saturated carbocycles. The molecule has 1 unspecified atom stereocenters. The van der Waals surface area contributed by atoms with Crippen molar-refractivity contribution in [3.63, 3.8) is 0 Å². The predicted octanol–water partition coefficient (Wildman–Crippen LogP) is 3.36. The maximum absolute atomic E-state index is 14.0. The van der Waals surface area contributed by atoms with Crippen LogP contribution in [0.3, 0.4) is 0 Å². The third-order valence-corrected chi connectivity index (χ3v) is 4.50. The number of carbonyl (C=O) groups excluding carboxylic acids is 1. The van der Waals surface area contributed by atoms with Crippen LogP contribution in [-0.2, 0) is 11.3 Å². The van der Waals surface area contributed by atoms with Gasteiger partial charge >= 0.3 is 0 Å². The second kappa shape index (κ2) is 9.92. The Hall–Kier alpha value is -2.60. The van der Waals surface area contributed by atoms with Crippen molar-refractivity contribution < 1.29 is 23.8 Å². The standard InChI is InChI=1S/C21H26FNO4/c1-15(18-6-4-5-7-19(18)22)12-21(25)23(10-11-24)14-16-8-9-17(26-2)13-20(16)27-3/h4-9,13,15,24H,10-12,14H2,1-3H3. The summed E-state index contributed by atoms with van der Waals surface area (Å²) in [5.74, 6) is 0.523. The molecule has 0 bridgehead atoms. The Bertz CT molecular complexity index is 766. The topological polar surface area (TPSA) is 59.0 Å². The maximum atomic E-state index is 14.0. The molecular weight excluding hydrogens is 349 g/mol. The van der Waals surface area contributed by atoms with Crippen LogP contribution in [0.4, 0.5) is 4.39 Å². The highest BCUT2D eigenvalue weighted by Crippen LogP contribution is 2.27. The molecule has 27 heavy (non-hydrogen) atoms. The van der Waals surface area contributed by atoms with Gasteiger partial charge in [0.2, 0.25) is 5.91 Å². The van der Waals surface area contributed by atoms with Crippen LogP contribution in [0.25, 0.3) is 0 Å². The molecule has 0 aliphatic heterocycles. The zero-order valence-electron chi connectivity index (χ0n) is 15.9. The number of aliphatic hydroxyl groups excluding tert-OH is 1.